The molecule has 2 aromatic carbocycles. The third-order valence-electron chi connectivity index (χ3n) is 4.42. The van der Waals surface area contributed by atoms with E-state index in [2.05, 4.69) is 5.32 Å². The summed E-state index contributed by atoms with van der Waals surface area (Å²) in [7, 11) is 1.61. The van der Waals surface area contributed by atoms with Crippen LogP contribution in [0, 0.1) is 13.8 Å². The molecule has 3 rings (SSSR count). The summed E-state index contributed by atoms with van der Waals surface area (Å²) in [5.41, 5.74) is 3.45. The first-order valence-corrected chi connectivity index (χ1v) is 8.69. The van der Waals surface area contributed by atoms with Gasteiger partial charge >= 0.3 is 0 Å². The molecule has 0 spiro atoms. The number of hydrogen-bond donors (Lipinski definition) is 1. The van der Waals surface area contributed by atoms with Crippen molar-refractivity contribution in [2.45, 2.75) is 20.4 Å². The number of nitrogens with one attached hydrogen (secondary N) is 1. The van der Waals surface area contributed by atoms with Crippen LogP contribution in [-0.4, -0.2) is 17.6 Å². The second kappa shape index (κ2) is 7.91. The zero-order valence-corrected chi connectivity index (χ0v) is 15.7. The Bertz CT molecular complexity index is 1020. The fourth-order valence-corrected chi connectivity index (χ4v) is 2.82. The number of amides is 1. The molecule has 3 aromatic rings. The van der Waals surface area contributed by atoms with Crippen molar-refractivity contribution in [3.8, 4) is 5.75 Å². The molecule has 1 heterocycles. The maximum atomic E-state index is 12.8. The van der Waals surface area contributed by atoms with E-state index in [4.69, 9.17) is 4.74 Å². The van der Waals surface area contributed by atoms with Gasteiger partial charge in [0.05, 0.1) is 13.7 Å². The van der Waals surface area contributed by atoms with E-state index in [0.29, 0.717) is 12.2 Å². The highest BCUT2D eigenvalue weighted by molar-refractivity contribution is 6.04. The molecule has 0 radical (unpaired) electrons. The first-order chi connectivity index (χ1) is 13.0. The molecule has 0 saturated carbocycles. The van der Waals surface area contributed by atoms with Gasteiger partial charge in [-0.3, -0.25) is 9.59 Å². The van der Waals surface area contributed by atoms with Crippen LogP contribution in [0.25, 0.3) is 0 Å². The largest absolute Gasteiger partial charge is 0.497 e. The maximum Gasteiger partial charge on any atom is 0.263 e. The Kier molecular flexibility index (Phi) is 5.41. The van der Waals surface area contributed by atoms with E-state index in [1.165, 1.54) is 4.57 Å². The van der Waals surface area contributed by atoms with Crippen LogP contribution in [0.3, 0.4) is 0 Å². The molecule has 0 aliphatic heterocycles. The van der Waals surface area contributed by atoms with E-state index in [1.54, 1.807) is 25.4 Å². The van der Waals surface area contributed by atoms with Gasteiger partial charge < -0.3 is 14.6 Å². The quantitative estimate of drug-likeness (QED) is 0.751. The molecule has 0 saturated heterocycles. The number of aryl methyl sites for hydroxylation is 2. The van der Waals surface area contributed by atoms with Crippen molar-refractivity contribution in [1.82, 2.24) is 4.57 Å². The Morgan fingerprint density at radius 2 is 1.81 bits per heavy atom. The average Bonchev–Trinajstić information content (AvgIpc) is 2.67. The second-order valence-corrected chi connectivity index (χ2v) is 6.48. The third kappa shape index (κ3) is 4.26. The molecule has 1 amide bonds. The summed E-state index contributed by atoms with van der Waals surface area (Å²) in [6.07, 6.45) is 1.68. The van der Waals surface area contributed by atoms with Crippen LogP contribution in [0.1, 0.15) is 27.0 Å². The molecule has 0 atom stereocenters. The molecule has 1 N–H and O–H groups in total. The minimum absolute atomic E-state index is 0.118. The van der Waals surface area contributed by atoms with Gasteiger partial charge in [0, 0.05) is 11.9 Å². The molecule has 27 heavy (non-hydrogen) atoms. The predicted molar refractivity (Wildman–Crippen MR) is 107 cm³/mol. The van der Waals surface area contributed by atoms with Gasteiger partial charge in [0.2, 0.25) is 0 Å². The number of carbonyl (C=O) groups is 1. The van der Waals surface area contributed by atoms with Gasteiger partial charge in [0.15, 0.2) is 0 Å². The number of benzene rings is 2. The normalized spacial score (nSPS) is 10.5. The van der Waals surface area contributed by atoms with Crippen LogP contribution < -0.4 is 15.6 Å². The van der Waals surface area contributed by atoms with E-state index in [0.717, 1.165) is 22.4 Å². The molecular formula is C22H22N2O3. The molecule has 0 unspecified atom stereocenters. The zero-order valence-electron chi connectivity index (χ0n) is 15.7. The van der Waals surface area contributed by atoms with Gasteiger partial charge in [0.25, 0.3) is 11.5 Å². The lowest BCUT2D eigenvalue weighted by Gasteiger charge is -2.11. The Balaban J connectivity index is 1.84. The van der Waals surface area contributed by atoms with E-state index < -0.39 is 5.91 Å². The van der Waals surface area contributed by atoms with Crippen molar-refractivity contribution in [2.75, 3.05) is 12.4 Å². The lowest BCUT2D eigenvalue weighted by atomic mass is 10.1. The summed E-state index contributed by atoms with van der Waals surface area (Å²) in [5.74, 6) is 0.352. The summed E-state index contributed by atoms with van der Waals surface area (Å²) in [6.45, 7) is 4.26. The number of rotatable bonds is 5. The van der Waals surface area contributed by atoms with Crippen LogP contribution in [0.4, 0.5) is 5.69 Å². The Morgan fingerprint density at radius 1 is 1.07 bits per heavy atom. The van der Waals surface area contributed by atoms with Gasteiger partial charge in [-0.15, -0.1) is 0 Å². The number of hydrogen-bond acceptors (Lipinski definition) is 3. The summed E-state index contributed by atoms with van der Waals surface area (Å²) in [6, 6.07) is 16.6. The molecule has 0 aliphatic rings. The number of aromatic nitrogens is 1. The highest BCUT2D eigenvalue weighted by Gasteiger charge is 2.13. The van der Waals surface area contributed by atoms with E-state index in [9.17, 15) is 9.59 Å². The van der Waals surface area contributed by atoms with Crippen LogP contribution >= 0.6 is 0 Å². The number of nitrogens with zero attached hydrogens (tertiary/aromatic N) is 1. The first kappa shape index (κ1) is 18.5. The van der Waals surface area contributed by atoms with Crippen molar-refractivity contribution < 1.29 is 9.53 Å². The molecule has 5 nitrogen and oxygen atoms in total. The highest BCUT2D eigenvalue weighted by Crippen LogP contribution is 2.17. The Hall–Kier alpha value is -3.34. The Morgan fingerprint density at radius 3 is 2.52 bits per heavy atom. The number of anilines is 1. The highest BCUT2D eigenvalue weighted by atomic mass is 16.5. The third-order valence-corrected chi connectivity index (χ3v) is 4.42. The van der Waals surface area contributed by atoms with E-state index in [-0.39, 0.29) is 11.1 Å². The lowest BCUT2D eigenvalue weighted by molar-refractivity contribution is 0.102. The van der Waals surface area contributed by atoms with Crippen LogP contribution in [0.15, 0.2) is 65.6 Å². The van der Waals surface area contributed by atoms with E-state index in [1.807, 2.05) is 56.3 Å². The van der Waals surface area contributed by atoms with Gasteiger partial charge in [-0.05, 0) is 60.9 Å². The van der Waals surface area contributed by atoms with Gasteiger partial charge in [0.1, 0.15) is 11.3 Å². The van der Waals surface area contributed by atoms with Crippen molar-refractivity contribution >= 4 is 11.6 Å². The summed E-state index contributed by atoms with van der Waals surface area (Å²) in [5, 5.41) is 2.85. The number of ether oxygens (including phenoxy) is 1. The molecule has 0 bridgehead atoms. The summed E-state index contributed by atoms with van der Waals surface area (Å²) in [4.78, 5) is 25.4. The number of carbonyl (C=O) groups excluding carboxylic acids is 1. The van der Waals surface area contributed by atoms with Crippen molar-refractivity contribution in [3.05, 3.63) is 93.4 Å². The smallest absolute Gasteiger partial charge is 0.263 e. The molecule has 5 heteroatoms. The SMILES string of the molecule is COc1ccc(Cn2cccc(C(=O)Nc3cc(C)ccc3C)c2=O)cc1. The van der Waals surface area contributed by atoms with Gasteiger partial charge in [-0.1, -0.05) is 24.3 Å². The average molecular weight is 362 g/mol. The van der Waals surface area contributed by atoms with Crippen LogP contribution in [-0.2, 0) is 6.54 Å². The maximum absolute atomic E-state index is 12.8. The fraction of sp³-hybridized carbons (Fsp3) is 0.182. The predicted octanol–water partition coefficient (Wildman–Crippen LogP) is 3.77. The van der Waals surface area contributed by atoms with Gasteiger partial charge in [-0.2, -0.15) is 0 Å². The number of pyridine rings is 1. The minimum atomic E-state index is -0.405. The topological polar surface area (TPSA) is 60.3 Å². The molecule has 0 fully saturated rings. The monoisotopic (exact) mass is 362 g/mol. The van der Waals surface area contributed by atoms with E-state index >= 15 is 0 Å². The molecular weight excluding hydrogens is 340 g/mol. The van der Waals surface area contributed by atoms with Crippen molar-refractivity contribution in [2.24, 2.45) is 0 Å². The summed E-state index contributed by atoms with van der Waals surface area (Å²) < 4.78 is 6.67. The minimum Gasteiger partial charge on any atom is -0.497 e. The molecule has 0 aliphatic carbocycles. The Labute approximate surface area is 158 Å². The zero-order chi connectivity index (χ0) is 19.4. The second-order valence-electron chi connectivity index (χ2n) is 6.48. The van der Waals surface area contributed by atoms with Crippen molar-refractivity contribution in [1.29, 1.82) is 0 Å². The summed E-state index contributed by atoms with van der Waals surface area (Å²) >= 11 is 0. The van der Waals surface area contributed by atoms with Crippen LogP contribution in [0.5, 0.6) is 5.75 Å². The molecule has 138 valence electrons. The standard InChI is InChI=1S/C22H22N2O3/c1-15-6-7-16(2)20(13-15)23-21(25)19-5-4-12-24(22(19)26)14-17-8-10-18(27-3)11-9-17/h4-13H,14H2,1-3H3,(H,23,25). The first-order valence-electron chi connectivity index (χ1n) is 8.69. The van der Waals surface area contributed by atoms with Crippen LogP contribution in [0.2, 0.25) is 0 Å². The number of methoxy groups -OCH3 is 1. The fourth-order valence-electron chi connectivity index (χ4n) is 2.82. The lowest BCUT2D eigenvalue weighted by Crippen LogP contribution is -2.29. The molecule has 1 aromatic heterocycles. The van der Waals surface area contributed by atoms with Crippen molar-refractivity contribution in [3.63, 3.8) is 0 Å². The van der Waals surface area contributed by atoms with Gasteiger partial charge in [-0.25, -0.2) is 0 Å².